The first-order chi connectivity index (χ1) is 22.2. The van der Waals surface area contributed by atoms with Gasteiger partial charge in [-0.15, -0.1) is 0 Å². The molecule has 0 saturated heterocycles. The lowest BCUT2D eigenvalue weighted by molar-refractivity contribution is -0.0893. The van der Waals surface area contributed by atoms with Crippen molar-refractivity contribution in [2.45, 2.75) is 38.9 Å². The van der Waals surface area contributed by atoms with Gasteiger partial charge < -0.3 is 14.2 Å². The fourth-order valence-corrected chi connectivity index (χ4v) is 5.51. The van der Waals surface area contributed by atoms with Crippen molar-refractivity contribution in [1.82, 2.24) is 9.97 Å². The summed E-state index contributed by atoms with van der Waals surface area (Å²) in [7, 11) is 0.309. The van der Waals surface area contributed by atoms with E-state index in [1.54, 1.807) is 13.8 Å². The van der Waals surface area contributed by atoms with Crippen molar-refractivity contribution in [3.8, 4) is 45.0 Å². The lowest BCUT2D eigenvalue weighted by atomic mass is 9.81. The standard InChI is InChI=1S/C40H35BN2O3/c1-39(2,44)40(3,4)46-41-30-23-32-31-17-11-12-18-36(31)45-37(32)33(24-30)35-25-34(42-38(43-35)29-15-9-6-10-16-29)28-21-19-27(20-22-28)26-13-7-5-8-14-26/h5-25,41,44H,1-4H3. The fourth-order valence-electron chi connectivity index (χ4n) is 5.51. The molecule has 0 radical (unpaired) electrons. The molecule has 7 rings (SSSR count). The molecule has 0 aliphatic rings. The van der Waals surface area contributed by atoms with E-state index >= 15 is 0 Å². The molecule has 46 heavy (non-hydrogen) atoms. The molecule has 6 heteroatoms. The zero-order valence-corrected chi connectivity index (χ0v) is 26.5. The number of hydrogen-bond donors (Lipinski definition) is 1. The summed E-state index contributed by atoms with van der Waals surface area (Å²) in [5.41, 5.74) is 7.40. The van der Waals surface area contributed by atoms with E-state index in [1.165, 1.54) is 5.56 Å². The SMILES string of the molecule is CC(C)(O)C(C)(C)OBc1cc(-c2cc(-c3ccc(-c4ccccc4)cc3)nc(-c3ccccc3)n2)c2oc3ccccc3c2c1. The van der Waals surface area contributed by atoms with Crippen LogP contribution in [0.2, 0.25) is 0 Å². The first-order valence-corrected chi connectivity index (χ1v) is 15.6. The maximum atomic E-state index is 10.7. The molecule has 0 unspecified atom stereocenters. The first kappa shape index (κ1) is 29.7. The third-order valence-electron chi connectivity index (χ3n) is 8.93. The molecule has 1 N–H and O–H groups in total. The van der Waals surface area contributed by atoms with Gasteiger partial charge in [-0.05, 0) is 51.0 Å². The van der Waals surface area contributed by atoms with Gasteiger partial charge in [-0.3, -0.25) is 0 Å². The fraction of sp³-hybridized carbons (Fsp3) is 0.150. The van der Waals surface area contributed by atoms with E-state index in [0.29, 0.717) is 13.3 Å². The van der Waals surface area contributed by atoms with Crippen molar-refractivity contribution in [1.29, 1.82) is 0 Å². The van der Waals surface area contributed by atoms with E-state index in [4.69, 9.17) is 19.0 Å². The number of fused-ring (bicyclic) bond motifs is 3. The van der Waals surface area contributed by atoms with Crippen LogP contribution in [0, 0.1) is 0 Å². The molecule has 0 aliphatic carbocycles. The van der Waals surface area contributed by atoms with E-state index in [2.05, 4.69) is 66.7 Å². The summed E-state index contributed by atoms with van der Waals surface area (Å²) in [5.74, 6) is 0.634. The normalized spacial score (nSPS) is 12.1. The van der Waals surface area contributed by atoms with Crippen LogP contribution in [0.1, 0.15) is 27.7 Å². The van der Waals surface area contributed by atoms with Crippen molar-refractivity contribution < 1.29 is 14.2 Å². The molecule has 5 aromatic carbocycles. The van der Waals surface area contributed by atoms with Crippen molar-refractivity contribution in [2.24, 2.45) is 0 Å². The van der Waals surface area contributed by atoms with Crippen LogP contribution in [0.4, 0.5) is 0 Å². The Labute approximate surface area is 269 Å². The molecule has 0 amide bonds. The number of rotatable bonds is 8. The third kappa shape index (κ3) is 5.73. The van der Waals surface area contributed by atoms with Gasteiger partial charge in [-0.2, -0.15) is 0 Å². The first-order valence-electron chi connectivity index (χ1n) is 15.6. The highest BCUT2D eigenvalue weighted by Gasteiger charge is 2.35. The second-order valence-corrected chi connectivity index (χ2v) is 12.7. The highest BCUT2D eigenvalue weighted by molar-refractivity contribution is 6.48. The average molecular weight is 603 g/mol. The Bertz CT molecular complexity index is 2150. The lowest BCUT2D eigenvalue weighted by Crippen LogP contribution is -2.49. The predicted octanol–water partition coefficient (Wildman–Crippen LogP) is 8.59. The minimum Gasteiger partial charge on any atom is -0.455 e. The van der Waals surface area contributed by atoms with Crippen LogP contribution in [-0.2, 0) is 4.65 Å². The predicted molar refractivity (Wildman–Crippen MR) is 189 cm³/mol. The Morgan fingerprint density at radius 3 is 1.89 bits per heavy atom. The molecular weight excluding hydrogens is 567 g/mol. The van der Waals surface area contributed by atoms with Crippen molar-refractivity contribution in [2.75, 3.05) is 0 Å². The van der Waals surface area contributed by atoms with E-state index in [1.807, 2.05) is 74.5 Å². The second kappa shape index (κ2) is 11.7. The summed E-state index contributed by atoms with van der Waals surface area (Å²) in [5, 5.41) is 12.8. The number of aliphatic hydroxyl groups is 1. The Kier molecular flexibility index (Phi) is 7.56. The summed E-state index contributed by atoms with van der Waals surface area (Å²) >= 11 is 0. The molecule has 0 fully saturated rings. The molecule has 7 aromatic rings. The summed E-state index contributed by atoms with van der Waals surface area (Å²) in [4.78, 5) is 10.2. The van der Waals surface area contributed by atoms with Crippen LogP contribution in [0.3, 0.4) is 0 Å². The van der Waals surface area contributed by atoms with Crippen LogP contribution >= 0.6 is 0 Å². The Balaban J connectivity index is 1.40. The number of nitrogens with zero attached hydrogens (tertiary/aromatic N) is 2. The number of benzene rings is 5. The zero-order chi connectivity index (χ0) is 31.9. The van der Waals surface area contributed by atoms with Gasteiger partial charge in [0, 0.05) is 27.5 Å². The molecule has 2 heterocycles. The zero-order valence-electron chi connectivity index (χ0n) is 26.5. The van der Waals surface area contributed by atoms with Crippen molar-refractivity contribution in [3.05, 3.63) is 127 Å². The van der Waals surface area contributed by atoms with Gasteiger partial charge in [-0.1, -0.05) is 121 Å². The van der Waals surface area contributed by atoms with Gasteiger partial charge >= 0.3 is 7.48 Å². The number of furan rings is 1. The minimum atomic E-state index is -1.02. The minimum absolute atomic E-state index is 0.309. The van der Waals surface area contributed by atoms with Gasteiger partial charge in [0.25, 0.3) is 0 Å². The summed E-state index contributed by atoms with van der Waals surface area (Å²) in [6, 6.07) is 43.2. The Morgan fingerprint density at radius 2 is 1.20 bits per heavy atom. The van der Waals surface area contributed by atoms with Gasteiger partial charge in [0.2, 0.25) is 0 Å². The number of aromatic nitrogens is 2. The Hall–Kier alpha value is -5.04. The molecule has 2 aromatic heterocycles. The summed E-state index contributed by atoms with van der Waals surface area (Å²) in [6.45, 7) is 7.35. The molecular formula is C40H35BN2O3. The number of para-hydroxylation sites is 1. The highest BCUT2D eigenvalue weighted by Crippen LogP contribution is 2.37. The third-order valence-corrected chi connectivity index (χ3v) is 8.93. The number of hydrogen-bond acceptors (Lipinski definition) is 5. The molecule has 0 bridgehead atoms. The molecule has 0 saturated carbocycles. The molecule has 0 spiro atoms. The lowest BCUT2D eigenvalue weighted by Gasteiger charge is -2.37. The van der Waals surface area contributed by atoms with Crippen LogP contribution in [0.25, 0.3) is 67.0 Å². The monoisotopic (exact) mass is 602 g/mol. The smallest absolute Gasteiger partial charge is 0.309 e. The van der Waals surface area contributed by atoms with Crippen molar-refractivity contribution in [3.63, 3.8) is 0 Å². The topological polar surface area (TPSA) is 68.4 Å². The van der Waals surface area contributed by atoms with E-state index in [9.17, 15) is 5.11 Å². The average Bonchev–Trinajstić information content (AvgIpc) is 3.46. The maximum absolute atomic E-state index is 10.7. The second-order valence-electron chi connectivity index (χ2n) is 12.7. The molecule has 226 valence electrons. The summed E-state index contributed by atoms with van der Waals surface area (Å²) in [6.07, 6.45) is 0. The van der Waals surface area contributed by atoms with Crippen molar-refractivity contribution >= 4 is 34.9 Å². The maximum Gasteiger partial charge on any atom is 0.309 e. The van der Waals surface area contributed by atoms with Crippen LogP contribution in [0.5, 0.6) is 0 Å². The van der Waals surface area contributed by atoms with E-state index in [-0.39, 0.29) is 0 Å². The van der Waals surface area contributed by atoms with Crippen LogP contribution in [-0.4, -0.2) is 33.8 Å². The van der Waals surface area contributed by atoms with Gasteiger partial charge in [0.1, 0.15) is 11.2 Å². The van der Waals surface area contributed by atoms with Gasteiger partial charge in [0.05, 0.1) is 22.6 Å². The van der Waals surface area contributed by atoms with Crippen LogP contribution in [0.15, 0.2) is 132 Å². The van der Waals surface area contributed by atoms with Crippen LogP contribution < -0.4 is 5.46 Å². The van der Waals surface area contributed by atoms with E-state index < -0.39 is 11.2 Å². The Morgan fingerprint density at radius 1 is 0.609 bits per heavy atom. The summed E-state index contributed by atoms with van der Waals surface area (Å²) < 4.78 is 12.8. The molecule has 0 atom stereocenters. The molecule has 5 nitrogen and oxygen atoms in total. The highest BCUT2D eigenvalue weighted by atomic mass is 16.5. The largest absolute Gasteiger partial charge is 0.455 e. The van der Waals surface area contributed by atoms with Gasteiger partial charge in [-0.25, -0.2) is 9.97 Å². The van der Waals surface area contributed by atoms with E-state index in [0.717, 1.165) is 61.0 Å². The molecule has 0 aliphatic heterocycles. The quantitative estimate of drug-likeness (QED) is 0.177. The van der Waals surface area contributed by atoms with Gasteiger partial charge in [0.15, 0.2) is 5.82 Å².